The molecule has 3 aromatic carbocycles. The van der Waals surface area contributed by atoms with Crippen LogP contribution in [0.4, 0.5) is 20.2 Å². The maximum atomic E-state index is 13.9. The third kappa shape index (κ3) is 2.48. The highest BCUT2D eigenvalue weighted by molar-refractivity contribution is 6.12. The van der Waals surface area contributed by atoms with Crippen LogP contribution in [-0.4, -0.2) is 23.8 Å². The molecule has 2 aliphatic heterocycles. The highest BCUT2D eigenvalue weighted by atomic mass is 19.2. The maximum Gasteiger partial charge on any atom is 0.261 e. The molecule has 5 rings (SSSR count). The molecule has 0 saturated heterocycles. The number of carbonyl (C=O) groups is 1. The van der Waals surface area contributed by atoms with Gasteiger partial charge in [-0.15, -0.1) is 0 Å². The predicted octanol–water partition coefficient (Wildman–Crippen LogP) is 3.91. The summed E-state index contributed by atoms with van der Waals surface area (Å²) < 4.78 is 32.9. The SMILES string of the molecule is O=C1c2ccccc2C(O)(c2ccc3c(c2)N=CCO3)N1c1ccc(F)c(F)c1. The molecule has 0 radical (unpaired) electrons. The minimum Gasteiger partial charge on any atom is -0.486 e. The van der Waals surface area contributed by atoms with Gasteiger partial charge in [0, 0.05) is 29.0 Å². The quantitative estimate of drug-likeness (QED) is 0.719. The molecule has 144 valence electrons. The first-order valence-electron chi connectivity index (χ1n) is 8.91. The van der Waals surface area contributed by atoms with E-state index in [1.54, 1.807) is 48.7 Å². The Kier molecular flexibility index (Phi) is 3.75. The van der Waals surface area contributed by atoms with Crippen LogP contribution in [0.15, 0.2) is 65.7 Å². The van der Waals surface area contributed by atoms with E-state index in [4.69, 9.17) is 4.74 Å². The Morgan fingerprint density at radius 2 is 1.86 bits per heavy atom. The molecule has 29 heavy (non-hydrogen) atoms. The van der Waals surface area contributed by atoms with E-state index in [0.29, 0.717) is 29.2 Å². The van der Waals surface area contributed by atoms with Crippen LogP contribution in [0, 0.1) is 11.6 Å². The highest BCUT2D eigenvalue weighted by Crippen LogP contribution is 2.46. The number of fused-ring (bicyclic) bond motifs is 2. The molecule has 0 saturated carbocycles. The van der Waals surface area contributed by atoms with Crippen molar-refractivity contribution in [1.82, 2.24) is 0 Å². The minimum absolute atomic E-state index is 0.0325. The lowest BCUT2D eigenvalue weighted by Crippen LogP contribution is -2.45. The van der Waals surface area contributed by atoms with E-state index < -0.39 is 23.3 Å². The molecule has 1 amide bonds. The van der Waals surface area contributed by atoms with Gasteiger partial charge < -0.3 is 9.84 Å². The summed E-state index contributed by atoms with van der Waals surface area (Å²) >= 11 is 0. The fraction of sp³-hybridized carbons (Fsp3) is 0.0909. The van der Waals surface area contributed by atoms with E-state index in [1.165, 1.54) is 6.07 Å². The van der Waals surface area contributed by atoms with Gasteiger partial charge in [-0.2, -0.15) is 0 Å². The third-order valence-corrected chi connectivity index (χ3v) is 5.13. The molecule has 0 spiro atoms. The molecular formula is C22H14F2N2O3. The fourth-order valence-corrected chi connectivity index (χ4v) is 3.79. The summed E-state index contributed by atoms with van der Waals surface area (Å²) in [4.78, 5) is 18.5. The molecule has 2 aliphatic rings. The Labute approximate surface area is 164 Å². The van der Waals surface area contributed by atoms with Crippen molar-refractivity contribution in [2.45, 2.75) is 5.72 Å². The van der Waals surface area contributed by atoms with Gasteiger partial charge in [-0.25, -0.2) is 8.78 Å². The van der Waals surface area contributed by atoms with Crippen molar-refractivity contribution < 1.29 is 23.4 Å². The number of amides is 1. The van der Waals surface area contributed by atoms with Crippen LogP contribution in [0.25, 0.3) is 0 Å². The van der Waals surface area contributed by atoms with Gasteiger partial charge in [0.15, 0.2) is 17.4 Å². The van der Waals surface area contributed by atoms with E-state index in [0.717, 1.165) is 17.0 Å². The molecule has 5 nitrogen and oxygen atoms in total. The molecule has 0 bridgehead atoms. The first kappa shape index (κ1) is 17.5. The molecule has 0 aliphatic carbocycles. The Morgan fingerprint density at radius 1 is 1.03 bits per heavy atom. The topological polar surface area (TPSA) is 62.1 Å². The Hall–Kier alpha value is -3.58. The number of carbonyl (C=O) groups excluding carboxylic acids is 1. The van der Waals surface area contributed by atoms with Crippen molar-refractivity contribution in [3.05, 3.63) is 89.0 Å². The molecule has 1 unspecified atom stereocenters. The van der Waals surface area contributed by atoms with Crippen molar-refractivity contribution in [3.63, 3.8) is 0 Å². The predicted molar refractivity (Wildman–Crippen MR) is 103 cm³/mol. The third-order valence-electron chi connectivity index (χ3n) is 5.13. The largest absolute Gasteiger partial charge is 0.486 e. The average molecular weight is 392 g/mol. The number of benzene rings is 3. The molecule has 7 heteroatoms. The van der Waals surface area contributed by atoms with Crippen LogP contribution >= 0.6 is 0 Å². The zero-order valence-corrected chi connectivity index (χ0v) is 15.0. The monoisotopic (exact) mass is 392 g/mol. The zero-order chi connectivity index (χ0) is 20.2. The lowest BCUT2D eigenvalue weighted by Gasteiger charge is -2.35. The summed E-state index contributed by atoms with van der Waals surface area (Å²) in [5.74, 6) is -2.12. The second-order valence-electron chi connectivity index (χ2n) is 6.76. The highest BCUT2D eigenvalue weighted by Gasteiger charge is 2.51. The number of hydrogen-bond donors (Lipinski definition) is 1. The minimum atomic E-state index is -1.93. The number of halogens is 2. The van der Waals surface area contributed by atoms with Crippen LogP contribution in [0.3, 0.4) is 0 Å². The van der Waals surface area contributed by atoms with Gasteiger partial charge in [0.05, 0.1) is 5.69 Å². The summed E-state index contributed by atoms with van der Waals surface area (Å²) in [6.07, 6.45) is 1.59. The lowest BCUT2D eigenvalue weighted by atomic mass is 9.93. The average Bonchev–Trinajstić information content (AvgIpc) is 2.98. The molecule has 3 aromatic rings. The molecule has 2 heterocycles. The van der Waals surface area contributed by atoms with E-state index in [9.17, 15) is 18.7 Å². The fourth-order valence-electron chi connectivity index (χ4n) is 3.79. The van der Waals surface area contributed by atoms with Crippen molar-refractivity contribution >= 4 is 23.5 Å². The van der Waals surface area contributed by atoms with E-state index >= 15 is 0 Å². The van der Waals surface area contributed by atoms with E-state index in [2.05, 4.69) is 4.99 Å². The normalized spacial score (nSPS) is 19.7. The van der Waals surface area contributed by atoms with Crippen LogP contribution in [0.2, 0.25) is 0 Å². The number of aliphatic imine (C=N–C) groups is 1. The second-order valence-corrected chi connectivity index (χ2v) is 6.76. The van der Waals surface area contributed by atoms with Gasteiger partial charge in [0.1, 0.15) is 18.0 Å². The maximum absolute atomic E-state index is 13.9. The molecular weight excluding hydrogens is 378 g/mol. The molecule has 0 aromatic heterocycles. The van der Waals surface area contributed by atoms with Gasteiger partial charge in [0.2, 0.25) is 0 Å². The van der Waals surface area contributed by atoms with Crippen molar-refractivity contribution in [3.8, 4) is 5.75 Å². The first-order valence-corrected chi connectivity index (χ1v) is 8.91. The molecule has 1 N–H and O–H groups in total. The van der Waals surface area contributed by atoms with Crippen LogP contribution in [0.1, 0.15) is 21.5 Å². The van der Waals surface area contributed by atoms with Gasteiger partial charge in [-0.05, 0) is 36.4 Å². The number of nitrogens with zero attached hydrogens (tertiary/aromatic N) is 2. The van der Waals surface area contributed by atoms with Crippen LogP contribution in [-0.2, 0) is 5.72 Å². The Balaban J connectivity index is 1.75. The standard InChI is InChI=1S/C22H14F2N2O3/c23-17-7-6-14(12-18(17)24)26-21(27)15-3-1-2-4-16(15)22(26,28)13-5-8-20-19(11-13)25-9-10-29-20/h1-9,11-12,28H,10H2. The smallest absolute Gasteiger partial charge is 0.261 e. The second kappa shape index (κ2) is 6.22. The summed E-state index contributed by atoms with van der Waals surface area (Å²) in [7, 11) is 0. The number of ether oxygens (including phenoxy) is 1. The Bertz CT molecular complexity index is 1190. The summed E-state index contributed by atoms with van der Waals surface area (Å²) in [5, 5.41) is 11.9. The van der Waals surface area contributed by atoms with E-state index in [-0.39, 0.29) is 11.3 Å². The van der Waals surface area contributed by atoms with Crippen LogP contribution < -0.4 is 9.64 Å². The Morgan fingerprint density at radius 3 is 2.69 bits per heavy atom. The van der Waals surface area contributed by atoms with E-state index in [1.807, 2.05) is 0 Å². The summed E-state index contributed by atoms with van der Waals surface area (Å²) in [6.45, 7) is 0.346. The summed E-state index contributed by atoms with van der Waals surface area (Å²) in [6, 6.07) is 14.6. The number of aliphatic hydroxyl groups is 1. The van der Waals surface area contributed by atoms with Crippen molar-refractivity contribution in [1.29, 1.82) is 0 Å². The number of anilines is 1. The van der Waals surface area contributed by atoms with Gasteiger partial charge in [-0.3, -0.25) is 14.7 Å². The van der Waals surface area contributed by atoms with Gasteiger partial charge in [0.25, 0.3) is 5.91 Å². The first-order chi connectivity index (χ1) is 14.0. The number of hydrogen-bond acceptors (Lipinski definition) is 4. The number of rotatable bonds is 2. The molecule has 0 fully saturated rings. The summed E-state index contributed by atoms with van der Waals surface area (Å²) in [5.41, 5.74) is -0.427. The zero-order valence-electron chi connectivity index (χ0n) is 15.0. The van der Waals surface area contributed by atoms with Gasteiger partial charge >= 0.3 is 0 Å². The van der Waals surface area contributed by atoms with Crippen molar-refractivity contribution in [2.75, 3.05) is 11.5 Å². The lowest BCUT2D eigenvalue weighted by molar-refractivity contribution is 0.0703. The van der Waals surface area contributed by atoms with Crippen LogP contribution in [0.5, 0.6) is 5.75 Å². The van der Waals surface area contributed by atoms with Crippen molar-refractivity contribution in [2.24, 2.45) is 4.99 Å². The molecule has 1 atom stereocenters. The van der Waals surface area contributed by atoms with Gasteiger partial charge in [-0.1, -0.05) is 18.2 Å².